The van der Waals surface area contributed by atoms with Crippen LogP contribution in [0.1, 0.15) is 65.7 Å². The Bertz CT molecular complexity index is 642. The minimum absolute atomic E-state index is 0.0315. The van der Waals surface area contributed by atoms with Gasteiger partial charge >= 0.3 is 0 Å². The van der Waals surface area contributed by atoms with Crippen LogP contribution in [0.3, 0.4) is 0 Å². The summed E-state index contributed by atoms with van der Waals surface area (Å²) < 4.78 is -0.0315. The standard InChI is InChI=1S/C21H30O2S/c1-12(22)21-18(24-21)11-17-15-5-4-13-10-14(23)6-8-19(13,2)16(15)7-9-20(17,21)3/h4,14-18,23H,5-11H2,1-3H3/t14-,15?,16?,17?,18+,19-,20-,21+/m0/s1. The molecule has 2 nitrogen and oxygen atoms in total. The van der Waals surface area contributed by atoms with E-state index in [2.05, 4.69) is 19.9 Å². The maximum absolute atomic E-state index is 12.5. The maximum atomic E-state index is 12.5. The van der Waals surface area contributed by atoms with Gasteiger partial charge in [-0.3, -0.25) is 4.79 Å². The monoisotopic (exact) mass is 346 g/mol. The molecule has 3 unspecified atom stereocenters. The van der Waals surface area contributed by atoms with E-state index in [1.54, 1.807) is 5.57 Å². The number of rotatable bonds is 1. The second-order valence-electron chi connectivity index (χ2n) is 9.75. The number of hydrogen-bond donors (Lipinski definition) is 1. The van der Waals surface area contributed by atoms with Crippen molar-refractivity contribution in [3.8, 4) is 0 Å². The quantitative estimate of drug-likeness (QED) is 0.566. The van der Waals surface area contributed by atoms with E-state index >= 15 is 0 Å². The predicted molar refractivity (Wildman–Crippen MR) is 97.9 cm³/mol. The Kier molecular flexibility index (Phi) is 3.13. The first-order valence-corrected chi connectivity index (χ1v) is 10.8. The molecule has 0 aromatic heterocycles. The van der Waals surface area contributed by atoms with Crippen LogP contribution in [0.4, 0.5) is 0 Å². The molecular formula is C21H30O2S. The van der Waals surface area contributed by atoms with Crippen molar-refractivity contribution in [2.24, 2.45) is 28.6 Å². The first-order valence-electron chi connectivity index (χ1n) is 9.89. The lowest BCUT2D eigenvalue weighted by atomic mass is 9.47. The number of hydrogen-bond acceptors (Lipinski definition) is 3. The van der Waals surface area contributed by atoms with Crippen molar-refractivity contribution in [2.75, 3.05) is 0 Å². The lowest BCUT2D eigenvalue weighted by Crippen LogP contribution is -2.53. The van der Waals surface area contributed by atoms with Gasteiger partial charge in [0.15, 0.2) is 0 Å². The highest BCUT2D eigenvalue weighted by molar-refractivity contribution is 8.09. The summed E-state index contributed by atoms with van der Waals surface area (Å²) in [6, 6.07) is 0. The summed E-state index contributed by atoms with van der Waals surface area (Å²) in [7, 11) is 0. The average molecular weight is 347 g/mol. The number of aliphatic hydroxyl groups excluding tert-OH is 1. The van der Waals surface area contributed by atoms with Crippen LogP contribution in [0.5, 0.6) is 0 Å². The zero-order valence-electron chi connectivity index (χ0n) is 15.2. The van der Waals surface area contributed by atoms with Crippen molar-refractivity contribution in [1.29, 1.82) is 0 Å². The molecule has 1 aliphatic heterocycles. The fraction of sp³-hybridized carbons (Fsp3) is 0.857. The van der Waals surface area contributed by atoms with E-state index in [-0.39, 0.29) is 16.3 Å². The highest BCUT2D eigenvalue weighted by Crippen LogP contribution is 2.79. The maximum Gasteiger partial charge on any atom is 0.147 e. The third-order valence-electron chi connectivity index (χ3n) is 9.03. The van der Waals surface area contributed by atoms with Gasteiger partial charge in [0.25, 0.3) is 0 Å². The van der Waals surface area contributed by atoms with E-state index < -0.39 is 0 Å². The molecule has 3 saturated carbocycles. The summed E-state index contributed by atoms with van der Waals surface area (Å²) in [6.45, 7) is 6.77. The number of allylic oxidation sites excluding steroid dienone is 1. The van der Waals surface area contributed by atoms with Crippen molar-refractivity contribution in [3.05, 3.63) is 11.6 Å². The van der Waals surface area contributed by atoms with Crippen LogP contribution < -0.4 is 0 Å². The molecule has 24 heavy (non-hydrogen) atoms. The summed E-state index contributed by atoms with van der Waals surface area (Å²) in [5.41, 5.74) is 2.09. The fourth-order valence-electron chi connectivity index (χ4n) is 7.71. The van der Waals surface area contributed by atoms with E-state index in [0.717, 1.165) is 37.0 Å². The van der Waals surface area contributed by atoms with Crippen molar-refractivity contribution in [3.63, 3.8) is 0 Å². The average Bonchev–Trinajstić information content (AvgIpc) is 3.21. The largest absolute Gasteiger partial charge is 0.393 e. The van der Waals surface area contributed by atoms with Crippen LogP contribution >= 0.6 is 11.8 Å². The zero-order chi connectivity index (χ0) is 16.9. The van der Waals surface area contributed by atoms with Crippen LogP contribution in [-0.4, -0.2) is 27.0 Å². The van der Waals surface area contributed by atoms with Gasteiger partial charge in [0, 0.05) is 5.25 Å². The number of carbonyl (C=O) groups excluding carboxylic acids is 1. The van der Waals surface area contributed by atoms with E-state index in [1.165, 1.54) is 25.7 Å². The molecule has 0 bridgehead atoms. The van der Waals surface area contributed by atoms with Gasteiger partial charge in [-0.25, -0.2) is 0 Å². The highest BCUT2D eigenvalue weighted by atomic mass is 32.2. The highest BCUT2D eigenvalue weighted by Gasteiger charge is 2.78. The molecule has 0 aromatic rings. The summed E-state index contributed by atoms with van der Waals surface area (Å²) in [5, 5.41) is 10.7. The Morgan fingerprint density at radius 3 is 2.79 bits per heavy atom. The number of ketones is 1. The normalized spacial score (nSPS) is 58.0. The lowest BCUT2D eigenvalue weighted by molar-refractivity contribution is -0.123. The SMILES string of the molecule is CC(=O)[C@@]12S[C@@H]1CC1C3CC=C4C[C@@H](O)CC[C@]4(C)C3CC[C@@]12C. The topological polar surface area (TPSA) is 37.3 Å². The summed E-state index contributed by atoms with van der Waals surface area (Å²) in [4.78, 5) is 12.5. The fourth-order valence-corrected chi connectivity index (χ4v) is 9.61. The second-order valence-corrected chi connectivity index (χ2v) is 11.2. The molecular weight excluding hydrogens is 316 g/mol. The van der Waals surface area contributed by atoms with Crippen molar-refractivity contribution in [1.82, 2.24) is 0 Å². The van der Waals surface area contributed by atoms with Crippen LogP contribution in [-0.2, 0) is 4.79 Å². The number of Topliss-reactive ketones (excluding diaryl/α,β-unsaturated/α-hetero) is 1. The molecule has 5 aliphatic rings. The van der Waals surface area contributed by atoms with Gasteiger partial charge in [-0.15, -0.1) is 11.8 Å². The molecule has 4 aliphatic carbocycles. The molecule has 5 rings (SSSR count). The molecule has 8 atom stereocenters. The molecule has 4 fully saturated rings. The Morgan fingerprint density at radius 2 is 2.04 bits per heavy atom. The van der Waals surface area contributed by atoms with Crippen molar-refractivity contribution in [2.45, 2.75) is 81.8 Å². The summed E-state index contributed by atoms with van der Waals surface area (Å²) in [5.74, 6) is 2.71. The van der Waals surface area contributed by atoms with Gasteiger partial charge in [0.1, 0.15) is 5.78 Å². The Morgan fingerprint density at radius 1 is 1.25 bits per heavy atom. The van der Waals surface area contributed by atoms with Crippen molar-refractivity contribution >= 4 is 17.5 Å². The predicted octanol–water partition coefficient (Wildman–Crippen LogP) is 4.36. The van der Waals surface area contributed by atoms with Crippen LogP contribution in [0.25, 0.3) is 0 Å². The number of thioether (sulfide) groups is 1. The lowest BCUT2D eigenvalue weighted by Gasteiger charge is -2.58. The third kappa shape index (κ3) is 1.67. The summed E-state index contributed by atoms with van der Waals surface area (Å²) in [6.07, 6.45) is 10.4. The number of carbonyl (C=O) groups is 1. The van der Waals surface area contributed by atoms with Crippen molar-refractivity contribution < 1.29 is 9.90 Å². The molecule has 1 N–H and O–H groups in total. The molecule has 0 amide bonds. The molecule has 0 aromatic carbocycles. The van der Waals surface area contributed by atoms with Gasteiger partial charge in [0.2, 0.25) is 0 Å². The smallest absolute Gasteiger partial charge is 0.147 e. The van der Waals surface area contributed by atoms with E-state index in [0.29, 0.717) is 16.4 Å². The first-order chi connectivity index (χ1) is 11.3. The summed E-state index contributed by atoms with van der Waals surface area (Å²) >= 11 is 1.98. The number of aliphatic hydroxyl groups is 1. The molecule has 1 heterocycles. The van der Waals surface area contributed by atoms with E-state index in [9.17, 15) is 9.90 Å². The van der Waals surface area contributed by atoms with Gasteiger partial charge in [-0.2, -0.15) is 0 Å². The van der Waals surface area contributed by atoms with Crippen LogP contribution in [0, 0.1) is 28.6 Å². The second kappa shape index (κ2) is 4.71. The van der Waals surface area contributed by atoms with Gasteiger partial charge in [0.05, 0.1) is 10.9 Å². The molecule has 3 heteroatoms. The molecule has 0 spiro atoms. The molecule has 1 saturated heterocycles. The first kappa shape index (κ1) is 15.9. The Hall–Kier alpha value is -0.280. The minimum Gasteiger partial charge on any atom is -0.393 e. The van der Waals surface area contributed by atoms with Gasteiger partial charge in [-0.1, -0.05) is 25.5 Å². The van der Waals surface area contributed by atoms with E-state index in [4.69, 9.17) is 0 Å². The minimum atomic E-state index is -0.119. The Labute approximate surface area is 149 Å². The number of fused-ring (bicyclic) bond motifs is 7. The van der Waals surface area contributed by atoms with Gasteiger partial charge < -0.3 is 5.11 Å². The Balaban J connectivity index is 1.51. The molecule has 132 valence electrons. The zero-order valence-corrected chi connectivity index (χ0v) is 16.0. The van der Waals surface area contributed by atoms with Gasteiger partial charge in [-0.05, 0) is 80.5 Å². The molecule has 0 radical (unpaired) electrons. The van der Waals surface area contributed by atoms with Crippen LogP contribution in [0.2, 0.25) is 0 Å². The third-order valence-corrected chi connectivity index (χ3v) is 11.0. The van der Waals surface area contributed by atoms with Crippen LogP contribution in [0.15, 0.2) is 11.6 Å². The van der Waals surface area contributed by atoms with E-state index in [1.807, 2.05) is 18.7 Å².